The second-order valence-corrected chi connectivity index (χ2v) is 8.92. The number of pyridine rings is 2. The number of aryl methyl sites for hydroxylation is 1. The first-order chi connectivity index (χ1) is 15.9. The maximum absolute atomic E-state index is 13.1. The van der Waals surface area contributed by atoms with Crippen LogP contribution in [-0.4, -0.2) is 26.5 Å². The van der Waals surface area contributed by atoms with E-state index in [1.54, 1.807) is 12.4 Å². The zero-order valence-electron chi connectivity index (χ0n) is 17.9. The minimum atomic E-state index is -4.43. The molecule has 8 heteroatoms. The summed E-state index contributed by atoms with van der Waals surface area (Å²) in [6, 6.07) is 11.7. The number of nitrogens with zero attached hydrogens (tertiary/aromatic N) is 4. The van der Waals surface area contributed by atoms with Crippen molar-refractivity contribution < 1.29 is 13.2 Å². The molecule has 0 spiro atoms. The van der Waals surface area contributed by atoms with E-state index in [2.05, 4.69) is 43.0 Å². The first-order valence-corrected chi connectivity index (χ1v) is 11.2. The van der Waals surface area contributed by atoms with Gasteiger partial charge in [0.05, 0.1) is 16.5 Å². The van der Waals surface area contributed by atoms with Crippen LogP contribution in [0.4, 0.5) is 24.5 Å². The van der Waals surface area contributed by atoms with E-state index in [1.165, 1.54) is 16.8 Å². The van der Waals surface area contributed by atoms with Crippen LogP contribution in [0.15, 0.2) is 55.0 Å². The summed E-state index contributed by atoms with van der Waals surface area (Å²) < 4.78 is 39.4. The number of benzene rings is 1. The maximum atomic E-state index is 13.1. The van der Waals surface area contributed by atoms with Crippen LogP contribution < -0.4 is 4.90 Å². The van der Waals surface area contributed by atoms with Crippen LogP contribution in [0.25, 0.3) is 11.2 Å². The molecule has 1 aliphatic carbocycles. The Kier molecular flexibility index (Phi) is 4.47. The van der Waals surface area contributed by atoms with Crippen molar-refractivity contribution in [1.29, 1.82) is 0 Å². The number of imidazole rings is 1. The minimum Gasteiger partial charge on any atom is -0.341 e. The Morgan fingerprint density at radius 1 is 1.00 bits per heavy atom. The molecule has 168 valence electrons. The molecule has 1 fully saturated rings. The molecule has 2 aliphatic rings. The second-order valence-electron chi connectivity index (χ2n) is 8.92. The van der Waals surface area contributed by atoms with E-state index in [9.17, 15) is 13.2 Å². The first-order valence-electron chi connectivity index (χ1n) is 11.2. The highest BCUT2D eigenvalue weighted by molar-refractivity contribution is 5.72. The smallest absolute Gasteiger partial charge is 0.341 e. The van der Waals surface area contributed by atoms with Crippen molar-refractivity contribution in [3.05, 3.63) is 77.5 Å². The van der Waals surface area contributed by atoms with Gasteiger partial charge in [0.15, 0.2) is 5.65 Å². The topological polar surface area (TPSA) is 57.7 Å². The van der Waals surface area contributed by atoms with E-state index in [4.69, 9.17) is 0 Å². The van der Waals surface area contributed by atoms with Crippen LogP contribution in [0.2, 0.25) is 0 Å². The van der Waals surface area contributed by atoms with Crippen molar-refractivity contribution >= 4 is 22.5 Å². The summed E-state index contributed by atoms with van der Waals surface area (Å²) >= 11 is 0. The molecule has 4 aromatic rings. The van der Waals surface area contributed by atoms with Gasteiger partial charge in [-0.25, -0.2) is 9.97 Å². The molecule has 6 rings (SSSR count). The zero-order chi connectivity index (χ0) is 22.6. The Morgan fingerprint density at radius 3 is 2.55 bits per heavy atom. The molecule has 0 radical (unpaired) electrons. The fraction of sp³-hybridized carbons (Fsp3) is 0.320. The van der Waals surface area contributed by atoms with Crippen LogP contribution >= 0.6 is 0 Å². The van der Waals surface area contributed by atoms with Gasteiger partial charge in [0, 0.05) is 36.5 Å². The number of nitrogens with one attached hydrogen (secondary N) is 1. The summed E-state index contributed by atoms with van der Waals surface area (Å²) in [5.74, 6) is 0.706. The number of hydrogen-bond donors (Lipinski definition) is 1. The van der Waals surface area contributed by atoms with Gasteiger partial charge in [-0.05, 0) is 61.1 Å². The molecule has 33 heavy (non-hydrogen) atoms. The number of aromatic amines is 1. The molecular weight excluding hydrogens is 427 g/mol. The SMILES string of the molecule is FC(F)(F)c1cnc2nc(C3(c4ccc5c(c4)CCCN5c4ccncc4)CCC3)[nH]c2c1. The molecule has 0 atom stereocenters. The molecule has 0 amide bonds. The number of alkyl halides is 3. The normalized spacial score (nSPS) is 17.6. The van der Waals surface area contributed by atoms with E-state index >= 15 is 0 Å². The van der Waals surface area contributed by atoms with Crippen molar-refractivity contribution in [2.75, 3.05) is 11.4 Å². The van der Waals surface area contributed by atoms with E-state index in [1.807, 2.05) is 12.1 Å². The lowest BCUT2D eigenvalue weighted by Crippen LogP contribution is -2.37. The zero-order valence-corrected chi connectivity index (χ0v) is 17.9. The van der Waals surface area contributed by atoms with Crippen LogP contribution in [-0.2, 0) is 18.0 Å². The molecule has 1 saturated carbocycles. The van der Waals surface area contributed by atoms with Gasteiger partial charge in [-0.2, -0.15) is 13.2 Å². The van der Waals surface area contributed by atoms with Crippen LogP contribution in [0, 0.1) is 0 Å². The fourth-order valence-corrected chi connectivity index (χ4v) is 5.16. The van der Waals surface area contributed by atoms with Crippen molar-refractivity contribution in [1.82, 2.24) is 19.9 Å². The van der Waals surface area contributed by atoms with Crippen molar-refractivity contribution in [2.24, 2.45) is 0 Å². The van der Waals surface area contributed by atoms with E-state index < -0.39 is 11.7 Å². The van der Waals surface area contributed by atoms with Gasteiger partial charge in [-0.1, -0.05) is 18.6 Å². The number of rotatable bonds is 3. The number of halogens is 3. The fourth-order valence-electron chi connectivity index (χ4n) is 5.16. The molecule has 4 heterocycles. The van der Waals surface area contributed by atoms with E-state index in [0.717, 1.165) is 56.6 Å². The average Bonchev–Trinajstić information content (AvgIpc) is 3.21. The second kappa shape index (κ2) is 7.30. The molecule has 1 N–H and O–H groups in total. The largest absolute Gasteiger partial charge is 0.417 e. The molecule has 0 bridgehead atoms. The average molecular weight is 449 g/mol. The van der Waals surface area contributed by atoms with Crippen molar-refractivity contribution in [3.63, 3.8) is 0 Å². The Bertz CT molecular complexity index is 1330. The number of anilines is 2. The van der Waals surface area contributed by atoms with Crippen LogP contribution in [0.1, 0.15) is 48.2 Å². The highest BCUT2D eigenvalue weighted by Gasteiger charge is 2.44. The summed E-state index contributed by atoms with van der Waals surface area (Å²) in [7, 11) is 0. The molecule has 0 unspecified atom stereocenters. The standard InChI is InChI=1S/C25H22F3N5/c26-25(27,28)18-14-20-22(30-15-18)32-23(31-20)24(8-2-9-24)17-4-5-21-16(13-17)3-1-12-33(21)19-6-10-29-11-7-19/h4-7,10-11,13-15H,1-3,8-9,12H2,(H,30,31,32). The van der Waals surface area contributed by atoms with Crippen molar-refractivity contribution in [3.8, 4) is 0 Å². The number of H-pyrrole nitrogens is 1. The predicted molar refractivity (Wildman–Crippen MR) is 120 cm³/mol. The molecule has 1 aromatic carbocycles. The summed E-state index contributed by atoms with van der Waals surface area (Å²) in [4.78, 5) is 18.2. The minimum absolute atomic E-state index is 0.312. The molecular formula is C25H22F3N5. The van der Waals surface area contributed by atoms with E-state index in [0.29, 0.717) is 17.0 Å². The Morgan fingerprint density at radius 2 is 1.82 bits per heavy atom. The van der Waals surface area contributed by atoms with Gasteiger partial charge >= 0.3 is 6.18 Å². The predicted octanol–water partition coefficient (Wildman–Crippen LogP) is 5.93. The summed E-state index contributed by atoms with van der Waals surface area (Å²) in [5, 5.41) is 0. The van der Waals surface area contributed by atoms with Gasteiger partial charge < -0.3 is 9.88 Å². The lowest BCUT2D eigenvalue weighted by atomic mass is 9.63. The lowest BCUT2D eigenvalue weighted by Gasteiger charge is -2.42. The highest BCUT2D eigenvalue weighted by atomic mass is 19.4. The van der Waals surface area contributed by atoms with Gasteiger partial charge in [0.2, 0.25) is 0 Å². The van der Waals surface area contributed by atoms with E-state index in [-0.39, 0.29) is 5.41 Å². The molecule has 5 nitrogen and oxygen atoms in total. The first kappa shape index (κ1) is 20.2. The number of hydrogen-bond acceptors (Lipinski definition) is 4. The molecule has 0 saturated heterocycles. The van der Waals surface area contributed by atoms with Gasteiger partial charge in [0.25, 0.3) is 0 Å². The van der Waals surface area contributed by atoms with Gasteiger partial charge in [-0.15, -0.1) is 0 Å². The maximum Gasteiger partial charge on any atom is 0.417 e. The van der Waals surface area contributed by atoms with Gasteiger partial charge in [-0.3, -0.25) is 4.98 Å². The molecule has 3 aromatic heterocycles. The Hall–Kier alpha value is -3.42. The van der Waals surface area contributed by atoms with Crippen LogP contribution in [0.3, 0.4) is 0 Å². The monoisotopic (exact) mass is 449 g/mol. The third-order valence-corrected chi connectivity index (χ3v) is 7.05. The summed E-state index contributed by atoms with van der Waals surface area (Å²) in [6.45, 7) is 0.957. The van der Waals surface area contributed by atoms with Gasteiger partial charge in [0.1, 0.15) is 5.82 Å². The lowest BCUT2D eigenvalue weighted by molar-refractivity contribution is -0.137. The highest BCUT2D eigenvalue weighted by Crippen LogP contribution is 2.49. The van der Waals surface area contributed by atoms with Crippen LogP contribution in [0.5, 0.6) is 0 Å². The third-order valence-electron chi connectivity index (χ3n) is 7.05. The molecule has 1 aliphatic heterocycles. The third kappa shape index (κ3) is 3.27. The Balaban J connectivity index is 1.40. The quantitative estimate of drug-likeness (QED) is 0.421. The summed E-state index contributed by atoms with van der Waals surface area (Å²) in [5.41, 5.74) is 4.35. The van der Waals surface area contributed by atoms with Crippen molar-refractivity contribution in [2.45, 2.75) is 43.7 Å². The Labute approximate surface area is 188 Å². The summed E-state index contributed by atoms with van der Waals surface area (Å²) in [6.07, 6.45) is 4.96. The number of aromatic nitrogens is 4. The number of fused-ring (bicyclic) bond motifs is 2.